The molecule has 0 saturated carbocycles. The Kier molecular flexibility index (Phi) is 12.2. The van der Waals surface area contributed by atoms with Crippen LogP contribution in [0.25, 0.3) is 0 Å². The minimum Gasteiger partial charge on any atom is -0.490 e. The SMILES string of the molecule is CCOc1cc(C(=O)N/N=C/c2cc(I)c(OCC(=O)Nc3ccc(C)c(C)c3)c(OCC)c2)ccc1OCc1ccccc1. The van der Waals surface area contributed by atoms with Crippen molar-refractivity contribution in [1.29, 1.82) is 0 Å². The van der Waals surface area contributed by atoms with Crippen LogP contribution in [0.2, 0.25) is 0 Å². The molecule has 4 rings (SSSR count). The Balaban J connectivity index is 1.39. The maximum absolute atomic E-state index is 12.9. The van der Waals surface area contributed by atoms with Crippen molar-refractivity contribution in [1.82, 2.24) is 5.43 Å². The van der Waals surface area contributed by atoms with Gasteiger partial charge in [-0.05, 0) is 115 Å². The summed E-state index contributed by atoms with van der Waals surface area (Å²) in [5.74, 6) is 1.24. The number of halogens is 1. The van der Waals surface area contributed by atoms with Crippen LogP contribution in [0, 0.1) is 17.4 Å². The minimum absolute atomic E-state index is 0.188. The molecule has 0 spiro atoms. The topological polar surface area (TPSA) is 107 Å². The van der Waals surface area contributed by atoms with Crippen LogP contribution >= 0.6 is 22.6 Å². The lowest BCUT2D eigenvalue weighted by Crippen LogP contribution is -2.21. The first-order valence-corrected chi connectivity index (χ1v) is 15.6. The van der Waals surface area contributed by atoms with Gasteiger partial charge in [0, 0.05) is 11.3 Å². The standard InChI is InChI=1S/C35H36IN3O6/c1-5-42-31-19-27(13-15-30(31)44-21-25-10-8-7-9-11-25)35(41)39-37-20-26-17-29(36)34(32(18-26)43-6-2)45-22-33(40)38-28-14-12-23(3)24(4)16-28/h7-20H,5-6,21-22H2,1-4H3,(H,38,40)(H,39,41)/b37-20+. The molecule has 0 aliphatic rings. The lowest BCUT2D eigenvalue weighted by Gasteiger charge is -2.15. The molecule has 0 aliphatic heterocycles. The van der Waals surface area contributed by atoms with Gasteiger partial charge < -0.3 is 24.3 Å². The smallest absolute Gasteiger partial charge is 0.271 e. The third-order valence-electron chi connectivity index (χ3n) is 6.59. The summed E-state index contributed by atoms with van der Waals surface area (Å²) in [5.41, 5.74) is 7.58. The lowest BCUT2D eigenvalue weighted by atomic mass is 10.1. The van der Waals surface area contributed by atoms with Gasteiger partial charge in [-0.25, -0.2) is 5.43 Å². The number of anilines is 1. The molecular weight excluding hydrogens is 685 g/mol. The van der Waals surface area contributed by atoms with E-state index < -0.39 is 5.91 Å². The van der Waals surface area contributed by atoms with Gasteiger partial charge in [0.15, 0.2) is 29.6 Å². The van der Waals surface area contributed by atoms with E-state index in [2.05, 4.69) is 38.4 Å². The van der Waals surface area contributed by atoms with E-state index in [4.69, 9.17) is 18.9 Å². The van der Waals surface area contributed by atoms with Crippen molar-refractivity contribution >= 4 is 46.3 Å². The molecule has 0 atom stereocenters. The quantitative estimate of drug-likeness (QED) is 0.0821. The van der Waals surface area contributed by atoms with Gasteiger partial charge in [-0.15, -0.1) is 0 Å². The van der Waals surface area contributed by atoms with Crippen molar-refractivity contribution in [2.75, 3.05) is 25.1 Å². The summed E-state index contributed by atoms with van der Waals surface area (Å²) in [5, 5.41) is 7.00. The number of hydrogen-bond donors (Lipinski definition) is 2. The van der Waals surface area contributed by atoms with Crippen LogP contribution in [0.3, 0.4) is 0 Å². The first kappa shape index (κ1) is 33.3. The second-order valence-electron chi connectivity index (χ2n) is 9.97. The number of carbonyl (C=O) groups excluding carboxylic acids is 2. The van der Waals surface area contributed by atoms with Crippen LogP contribution in [0.1, 0.15) is 46.5 Å². The second-order valence-corrected chi connectivity index (χ2v) is 11.1. The van der Waals surface area contributed by atoms with Crippen molar-refractivity contribution in [3.05, 3.63) is 110 Å². The summed E-state index contributed by atoms with van der Waals surface area (Å²) in [4.78, 5) is 25.4. The van der Waals surface area contributed by atoms with Crippen molar-refractivity contribution in [2.24, 2.45) is 5.10 Å². The molecule has 2 N–H and O–H groups in total. The predicted molar refractivity (Wildman–Crippen MR) is 184 cm³/mol. The van der Waals surface area contributed by atoms with Gasteiger partial charge in [-0.2, -0.15) is 5.10 Å². The molecule has 45 heavy (non-hydrogen) atoms. The number of nitrogens with zero attached hydrogens (tertiary/aromatic N) is 1. The molecule has 0 fully saturated rings. The number of benzene rings is 4. The Hall–Kier alpha value is -4.58. The first-order valence-electron chi connectivity index (χ1n) is 14.5. The molecule has 0 heterocycles. The summed E-state index contributed by atoms with van der Waals surface area (Å²) in [6.07, 6.45) is 1.51. The highest BCUT2D eigenvalue weighted by atomic mass is 127. The van der Waals surface area contributed by atoms with E-state index in [1.54, 1.807) is 24.3 Å². The van der Waals surface area contributed by atoms with E-state index in [1.807, 2.05) is 82.3 Å². The molecule has 4 aromatic rings. The number of carbonyl (C=O) groups is 2. The van der Waals surface area contributed by atoms with Crippen LogP contribution in [0.4, 0.5) is 5.69 Å². The van der Waals surface area contributed by atoms with E-state index in [0.717, 1.165) is 20.3 Å². The predicted octanol–water partition coefficient (Wildman–Crippen LogP) is 7.07. The number of ether oxygens (including phenoxy) is 4. The summed E-state index contributed by atoms with van der Waals surface area (Å²) in [6, 6.07) is 24.1. The maximum Gasteiger partial charge on any atom is 0.271 e. The van der Waals surface area contributed by atoms with E-state index in [-0.39, 0.29) is 12.5 Å². The molecule has 0 aliphatic carbocycles. The first-order chi connectivity index (χ1) is 21.8. The molecule has 0 aromatic heterocycles. The molecule has 0 saturated heterocycles. The Labute approximate surface area is 277 Å². The zero-order valence-corrected chi connectivity index (χ0v) is 27.8. The van der Waals surface area contributed by atoms with Crippen LogP contribution < -0.4 is 29.7 Å². The van der Waals surface area contributed by atoms with Gasteiger partial charge in [0.2, 0.25) is 0 Å². The molecule has 10 heteroatoms. The van der Waals surface area contributed by atoms with Crippen molar-refractivity contribution in [2.45, 2.75) is 34.3 Å². The number of nitrogens with one attached hydrogen (secondary N) is 2. The zero-order chi connectivity index (χ0) is 32.2. The normalized spacial score (nSPS) is 10.8. The molecule has 2 amide bonds. The lowest BCUT2D eigenvalue weighted by molar-refractivity contribution is -0.118. The number of rotatable bonds is 14. The zero-order valence-electron chi connectivity index (χ0n) is 25.7. The van der Waals surface area contributed by atoms with Crippen molar-refractivity contribution < 1.29 is 28.5 Å². The Morgan fingerprint density at radius 1 is 0.800 bits per heavy atom. The number of hydrogen-bond acceptors (Lipinski definition) is 7. The van der Waals surface area contributed by atoms with Crippen molar-refractivity contribution in [3.8, 4) is 23.0 Å². The minimum atomic E-state index is -0.406. The summed E-state index contributed by atoms with van der Waals surface area (Å²) < 4.78 is 24.0. The monoisotopic (exact) mass is 721 g/mol. The average molecular weight is 722 g/mol. The fourth-order valence-electron chi connectivity index (χ4n) is 4.22. The number of amides is 2. The molecule has 4 aromatic carbocycles. The summed E-state index contributed by atoms with van der Waals surface area (Å²) in [7, 11) is 0. The van der Waals surface area contributed by atoms with Gasteiger partial charge >= 0.3 is 0 Å². The summed E-state index contributed by atoms with van der Waals surface area (Å²) in [6.45, 7) is 8.74. The van der Waals surface area contributed by atoms with E-state index in [0.29, 0.717) is 59.6 Å². The second kappa shape index (κ2) is 16.5. The highest BCUT2D eigenvalue weighted by molar-refractivity contribution is 14.1. The number of hydrazone groups is 1. The van der Waals surface area contributed by atoms with Crippen molar-refractivity contribution in [3.63, 3.8) is 0 Å². The fourth-order valence-corrected chi connectivity index (χ4v) is 5.00. The third-order valence-corrected chi connectivity index (χ3v) is 7.39. The van der Waals surface area contributed by atoms with Gasteiger partial charge in [-0.1, -0.05) is 36.4 Å². The van der Waals surface area contributed by atoms with Crippen LogP contribution in [-0.4, -0.2) is 37.8 Å². The Morgan fingerprint density at radius 3 is 2.29 bits per heavy atom. The largest absolute Gasteiger partial charge is 0.490 e. The van der Waals surface area contributed by atoms with Gasteiger partial charge in [0.05, 0.1) is 23.0 Å². The van der Waals surface area contributed by atoms with Crippen LogP contribution in [0.15, 0.2) is 84.0 Å². The molecule has 9 nitrogen and oxygen atoms in total. The fraction of sp³-hybridized carbons (Fsp3) is 0.229. The van der Waals surface area contributed by atoms with Crippen LogP contribution in [0.5, 0.6) is 23.0 Å². The van der Waals surface area contributed by atoms with E-state index in [9.17, 15) is 9.59 Å². The molecule has 0 bridgehead atoms. The molecule has 0 unspecified atom stereocenters. The Bertz CT molecular complexity index is 1660. The highest BCUT2D eigenvalue weighted by Crippen LogP contribution is 2.34. The average Bonchev–Trinajstić information content (AvgIpc) is 3.02. The van der Waals surface area contributed by atoms with Gasteiger partial charge in [0.25, 0.3) is 11.8 Å². The maximum atomic E-state index is 12.9. The highest BCUT2D eigenvalue weighted by Gasteiger charge is 2.15. The summed E-state index contributed by atoms with van der Waals surface area (Å²) >= 11 is 2.12. The van der Waals surface area contributed by atoms with Gasteiger partial charge in [-0.3, -0.25) is 9.59 Å². The molecule has 234 valence electrons. The van der Waals surface area contributed by atoms with E-state index in [1.165, 1.54) is 6.21 Å². The van der Waals surface area contributed by atoms with Gasteiger partial charge in [0.1, 0.15) is 6.61 Å². The molecular formula is C35H36IN3O6. The Morgan fingerprint density at radius 2 is 1.56 bits per heavy atom. The van der Waals surface area contributed by atoms with Crippen LogP contribution in [-0.2, 0) is 11.4 Å². The number of aryl methyl sites for hydroxylation is 2. The molecule has 0 radical (unpaired) electrons. The third kappa shape index (κ3) is 9.70. The van der Waals surface area contributed by atoms with E-state index >= 15 is 0 Å².